The summed E-state index contributed by atoms with van der Waals surface area (Å²) in [6, 6.07) is 7.36. The molecule has 0 atom stereocenters. The molecule has 0 bridgehead atoms. The van der Waals surface area contributed by atoms with Crippen LogP contribution in [-0.2, 0) is 11.3 Å². The third-order valence-corrected chi connectivity index (χ3v) is 4.13. The predicted octanol–water partition coefficient (Wildman–Crippen LogP) is 4.08. The lowest BCUT2D eigenvalue weighted by Gasteiger charge is -2.09. The average Bonchev–Trinajstić information content (AvgIpc) is 2.52. The molecule has 1 aromatic heterocycles. The molecule has 0 saturated heterocycles. The van der Waals surface area contributed by atoms with E-state index in [1.807, 2.05) is 6.92 Å². The van der Waals surface area contributed by atoms with Gasteiger partial charge in [0.2, 0.25) is 0 Å². The Morgan fingerprint density at radius 2 is 2.17 bits per heavy atom. The van der Waals surface area contributed by atoms with Crippen molar-refractivity contribution < 1.29 is 9.84 Å². The first-order chi connectivity index (χ1) is 11.5. The number of aromatic hydroxyl groups is 1. The fraction of sp³-hybridized carbons (Fsp3) is 0.188. The van der Waals surface area contributed by atoms with Gasteiger partial charge in [0.05, 0.1) is 17.3 Å². The van der Waals surface area contributed by atoms with E-state index < -0.39 is 0 Å². The number of hydrazone groups is 1. The molecule has 0 saturated carbocycles. The van der Waals surface area contributed by atoms with Crippen molar-refractivity contribution in [2.24, 2.45) is 5.10 Å². The first-order valence-electron chi connectivity index (χ1n) is 6.83. The molecule has 2 aromatic rings. The zero-order valence-corrected chi connectivity index (χ0v) is 16.1. The van der Waals surface area contributed by atoms with Crippen LogP contribution >= 0.6 is 31.9 Å². The van der Waals surface area contributed by atoms with E-state index in [2.05, 4.69) is 53.4 Å². The first-order valence-corrected chi connectivity index (χ1v) is 8.41. The predicted molar refractivity (Wildman–Crippen MR) is 99.1 cm³/mol. The van der Waals surface area contributed by atoms with Crippen LogP contribution in [0.2, 0.25) is 0 Å². The number of anilines is 1. The highest BCUT2D eigenvalue weighted by Crippen LogP contribution is 2.30. The summed E-state index contributed by atoms with van der Waals surface area (Å²) in [5, 5.41) is 23.4. The molecule has 24 heavy (non-hydrogen) atoms. The minimum atomic E-state index is 0.0709. The van der Waals surface area contributed by atoms with Gasteiger partial charge in [-0.3, -0.25) is 5.43 Å². The minimum Gasteiger partial charge on any atom is -0.506 e. The largest absolute Gasteiger partial charge is 0.506 e. The molecule has 8 heteroatoms. The van der Waals surface area contributed by atoms with Crippen molar-refractivity contribution in [1.82, 2.24) is 4.98 Å². The van der Waals surface area contributed by atoms with E-state index in [1.54, 1.807) is 25.3 Å². The van der Waals surface area contributed by atoms with Crippen LogP contribution in [0.25, 0.3) is 0 Å². The lowest BCUT2D eigenvalue weighted by Crippen LogP contribution is -2.03. The maximum atomic E-state index is 10.0. The average molecular weight is 454 g/mol. The lowest BCUT2D eigenvalue weighted by atomic mass is 10.1. The zero-order chi connectivity index (χ0) is 17.7. The Morgan fingerprint density at radius 1 is 1.42 bits per heavy atom. The number of nitrogens with zero attached hydrogens (tertiary/aromatic N) is 3. The quantitative estimate of drug-likeness (QED) is 0.525. The number of benzene rings is 1. The smallest absolute Gasteiger partial charge is 0.164 e. The molecular weight excluding hydrogens is 440 g/mol. The highest BCUT2D eigenvalue weighted by Gasteiger charge is 2.11. The normalized spacial score (nSPS) is 10.8. The van der Waals surface area contributed by atoms with Crippen LogP contribution in [0.4, 0.5) is 5.82 Å². The van der Waals surface area contributed by atoms with Crippen LogP contribution in [0.5, 0.6) is 5.75 Å². The van der Waals surface area contributed by atoms with Crippen molar-refractivity contribution in [3.05, 3.63) is 49.5 Å². The molecule has 0 unspecified atom stereocenters. The van der Waals surface area contributed by atoms with Crippen LogP contribution in [0.15, 0.2) is 32.2 Å². The number of methoxy groups -OCH3 is 1. The Balaban J connectivity index is 2.31. The maximum absolute atomic E-state index is 10.0. The number of phenolic OH excluding ortho intramolecular Hbond substituents is 1. The summed E-state index contributed by atoms with van der Waals surface area (Å²) in [4.78, 5) is 4.29. The highest BCUT2D eigenvalue weighted by molar-refractivity contribution is 9.11. The highest BCUT2D eigenvalue weighted by atomic mass is 79.9. The number of rotatable bonds is 5. The molecule has 6 nitrogen and oxygen atoms in total. The molecule has 0 aliphatic carbocycles. The Bertz CT molecular complexity index is 832. The van der Waals surface area contributed by atoms with Gasteiger partial charge in [-0.05, 0) is 41.1 Å². The number of nitrogens with one attached hydrogen (secondary N) is 1. The van der Waals surface area contributed by atoms with Crippen LogP contribution in [0.3, 0.4) is 0 Å². The van der Waals surface area contributed by atoms with Crippen molar-refractivity contribution in [3.63, 3.8) is 0 Å². The van der Waals surface area contributed by atoms with Gasteiger partial charge in [0.15, 0.2) is 5.82 Å². The fourth-order valence-electron chi connectivity index (χ4n) is 2.06. The molecule has 2 rings (SSSR count). The number of aromatic nitrogens is 1. The molecule has 0 radical (unpaired) electrons. The summed E-state index contributed by atoms with van der Waals surface area (Å²) in [6.45, 7) is 2.14. The molecule has 0 spiro atoms. The summed E-state index contributed by atoms with van der Waals surface area (Å²) >= 11 is 6.61. The van der Waals surface area contributed by atoms with Gasteiger partial charge < -0.3 is 9.84 Å². The van der Waals surface area contributed by atoms with Gasteiger partial charge in [0.1, 0.15) is 17.4 Å². The number of aryl methyl sites for hydroxylation is 1. The number of nitriles is 1. The first kappa shape index (κ1) is 18.4. The molecule has 0 aliphatic heterocycles. The standard InChI is InChI=1S/C16H14Br2N4O2/c1-9-3-11(8-24-2)13(6-19)16(21-9)22-20-7-10-4-12(17)5-14(18)15(10)23/h3-5,7,23H,8H2,1-2H3,(H,21,22)/b20-7+. The van der Waals surface area contributed by atoms with Gasteiger partial charge >= 0.3 is 0 Å². The Kier molecular flexibility index (Phi) is 6.31. The SMILES string of the molecule is COCc1cc(C)nc(N/N=C/c2cc(Br)cc(Br)c2O)c1C#N. The van der Waals surface area contributed by atoms with E-state index in [0.717, 1.165) is 15.7 Å². The minimum absolute atomic E-state index is 0.0709. The number of hydrogen-bond acceptors (Lipinski definition) is 6. The van der Waals surface area contributed by atoms with Crippen molar-refractivity contribution in [1.29, 1.82) is 5.26 Å². The molecule has 1 aromatic carbocycles. The number of ether oxygens (including phenoxy) is 1. The molecule has 0 amide bonds. The summed E-state index contributed by atoms with van der Waals surface area (Å²) < 4.78 is 6.45. The number of hydrogen-bond donors (Lipinski definition) is 2. The van der Waals surface area contributed by atoms with Crippen LogP contribution < -0.4 is 5.43 Å². The van der Waals surface area contributed by atoms with Gasteiger partial charge in [0, 0.05) is 28.4 Å². The molecule has 2 N–H and O–H groups in total. The summed E-state index contributed by atoms with van der Waals surface area (Å²) in [5.41, 5.74) is 5.11. The summed E-state index contributed by atoms with van der Waals surface area (Å²) in [6.07, 6.45) is 1.45. The third-order valence-electron chi connectivity index (χ3n) is 3.07. The Morgan fingerprint density at radius 3 is 2.83 bits per heavy atom. The second kappa shape index (κ2) is 8.24. The number of phenols is 1. The zero-order valence-electron chi connectivity index (χ0n) is 13.0. The molecule has 1 heterocycles. The van der Waals surface area contributed by atoms with Crippen molar-refractivity contribution in [3.8, 4) is 11.8 Å². The van der Waals surface area contributed by atoms with E-state index in [-0.39, 0.29) is 5.75 Å². The van der Waals surface area contributed by atoms with E-state index in [1.165, 1.54) is 6.21 Å². The molecule has 124 valence electrons. The number of pyridine rings is 1. The fourth-order valence-corrected chi connectivity index (χ4v) is 3.32. The van der Waals surface area contributed by atoms with E-state index >= 15 is 0 Å². The Labute approximate surface area is 156 Å². The van der Waals surface area contributed by atoms with Crippen molar-refractivity contribution in [2.45, 2.75) is 13.5 Å². The maximum Gasteiger partial charge on any atom is 0.164 e. The monoisotopic (exact) mass is 452 g/mol. The van der Waals surface area contributed by atoms with Gasteiger partial charge in [0.25, 0.3) is 0 Å². The van der Waals surface area contributed by atoms with E-state index in [9.17, 15) is 10.4 Å². The summed E-state index contributed by atoms with van der Waals surface area (Å²) in [7, 11) is 1.57. The molecule has 0 fully saturated rings. The van der Waals surface area contributed by atoms with Crippen molar-refractivity contribution in [2.75, 3.05) is 12.5 Å². The van der Waals surface area contributed by atoms with Crippen molar-refractivity contribution >= 4 is 43.9 Å². The Hall–Kier alpha value is -1.95. The molecular formula is C16H14Br2N4O2. The summed E-state index contributed by atoms with van der Waals surface area (Å²) in [5.74, 6) is 0.413. The van der Waals surface area contributed by atoms with E-state index in [4.69, 9.17) is 4.74 Å². The van der Waals surface area contributed by atoms with E-state index in [0.29, 0.717) is 28.0 Å². The molecule has 0 aliphatic rings. The van der Waals surface area contributed by atoms with Gasteiger partial charge in [-0.15, -0.1) is 0 Å². The third kappa shape index (κ3) is 4.32. The van der Waals surface area contributed by atoms with Crippen LogP contribution in [-0.4, -0.2) is 23.4 Å². The van der Waals surface area contributed by atoms with Gasteiger partial charge in [-0.25, -0.2) is 4.98 Å². The van der Waals surface area contributed by atoms with Crippen LogP contribution in [0.1, 0.15) is 22.4 Å². The topological polar surface area (TPSA) is 90.5 Å². The van der Waals surface area contributed by atoms with Crippen LogP contribution in [0, 0.1) is 18.3 Å². The van der Waals surface area contributed by atoms with Gasteiger partial charge in [-0.1, -0.05) is 15.9 Å². The second-order valence-electron chi connectivity index (χ2n) is 4.89. The second-order valence-corrected chi connectivity index (χ2v) is 6.66. The lowest BCUT2D eigenvalue weighted by molar-refractivity contribution is 0.184. The number of halogens is 2. The van der Waals surface area contributed by atoms with Gasteiger partial charge in [-0.2, -0.15) is 10.4 Å².